The molecule has 0 atom stereocenters. The second kappa shape index (κ2) is 5.00. The summed E-state index contributed by atoms with van der Waals surface area (Å²) >= 11 is 3.44. The van der Waals surface area contributed by atoms with Crippen molar-refractivity contribution >= 4 is 27.5 Å². The lowest BCUT2D eigenvalue weighted by Crippen LogP contribution is -2.32. The fraction of sp³-hybridized carbons (Fsp3) is 0.462. The number of fused-ring (bicyclic) bond motifs is 1. The maximum Gasteiger partial charge on any atom is 0.225 e. The third kappa shape index (κ3) is 2.64. The summed E-state index contributed by atoms with van der Waals surface area (Å²) in [5.74, 6) is 0.102. The lowest BCUT2D eigenvalue weighted by Gasteiger charge is -2.32. The van der Waals surface area contributed by atoms with Gasteiger partial charge < -0.3 is 5.32 Å². The van der Waals surface area contributed by atoms with Crippen molar-refractivity contribution < 1.29 is 4.79 Å². The first-order valence-corrected chi connectivity index (χ1v) is 6.38. The normalized spacial score (nSPS) is 16.7. The number of hydrogen-bond acceptors (Lipinski definition) is 1. The zero-order valence-electron chi connectivity index (χ0n) is 10.2. The summed E-state index contributed by atoms with van der Waals surface area (Å²) in [6, 6.07) is 5.97. The molecule has 0 aromatic heterocycles. The highest BCUT2D eigenvalue weighted by Crippen LogP contribution is 2.38. The van der Waals surface area contributed by atoms with Crippen LogP contribution < -0.4 is 5.32 Å². The van der Waals surface area contributed by atoms with Gasteiger partial charge in [-0.15, -0.1) is 0 Å². The Kier molecular flexibility index (Phi) is 4.14. The number of halogens is 1. The Labute approximate surface area is 106 Å². The molecule has 1 heterocycles. The molecule has 0 radical (unpaired) electrons. The van der Waals surface area contributed by atoms with Crippen LogP contribution >= 0.6 is 15.9 Å². The first-order valence-electron chi connectivity index (χ1n) is 5.59. The highest BCUT2D eigenvalue weighted by molar-refractivity contribution is 9.10. The van der Waals surface area contributed by atoms with E-state index in [-0.39, 0.29) is 11.3 Å². The fourth-order valence-electron chi connectivity index (χ4n) is 1.88. The number of anilines is 1. The van der Waals surface area contributed by atoms with E-state index in [4.69, 9.17) is 0 Å². The van der Waals surface area contributed by atoms with Crippen LogP contribution in [0.1, 0.15) is 39.7 Å². The van der Waals surface area contributed by atoms with Gasteiger partial charge in [0.1, 0.15) is 0 Å². The predicted octanol–water partition coefficient (Wildman–Crippen LogP) is 4.10. The van der Waals surface area contributed by atoms with Gasteiger partial charge >= 0.3 is 0 Å². The Morgan fingerprint density at radius 3 is 2.56 bits per heavy atom. The maximum absolute atomic E-state index is 11.4. The van der Waals surface area contributed by atoms with Crippen LogP contribution in [0.2, 0.25) is 0 Å². The summed E-state index contributed by atoms with van der Waals surface area (Å²) in [5.41, 5.74) is 2.07. The molecule has 1 amide bonds. The zero-order valence-corrected chi connectivity index (χ0v) is 11.8. The molecule has 0 unspecified atom stereocenters. The summed E-state index contributed by atoms with van der Waals surface area (Å²) in [5, 5.41) is 2.88. The predicted molar refractivity (Wildman–Crippen MR) is 71.8 cm³/mol. The largest absolute Gasteiger partial charge is 0.326 e. The molecule has 0 spiro atoms. The van der Waals surface area contributed by atoms with E-state index >= 15 is 0 Å². The Bertz CT molecular complexity index is 399. The molecule has 1 aromatic carbocycles. The van der Waals surface area contributed by atoms with Gasteiger partial charge in [-0.2, -0.15) is 0 Å². The van der Waals surface area contributed by atoms with Crippen molar-refractivity contribution in [2.75, 3.05) is 5.32 Å². The average molecular weight is 284 g/mol. The van der Waals surface area contributed by atoms with E-state index in [2.05, 4.69) is 41.2 Å². The lowest BCUT2D eigenvalue weighted by atomic mass is 9.78. The smallest absolute Gasteiger partial charge is 0.225 e. The Morgan fingerprint density at radius 1 is 1.31 bits per heavy atom. The third-order valence-electron chi connectivity index (χ3n) is 2.59. The Hall–Kier alpha value is -0.830. The number of hydrogen-bond donors (Lipinski definition) is 1. The molecule has 1 aliphatic rings. The summed E-state index contributed by atoms with van der Waals surface area (Å²) in [6.45, 7) is 8.19. The second-order valence-corrected chi connectivity index (χ2v) is 5.21. The van der Waals surface area contributed by atoms with E-state index in [0.717, 1.165) is 10.2 Å². The van der Waals surface area contributed by atoms with Gasteiger partial charge in [-0.05, 0) is 23.8 Å². The first-order chi connectivity index (χ1) is 7.49. The van der Waals surface area contributed by atoms with Gasteiger partial charge in [0.05, 0.1) is 0 Å². The molecule has 3 heteroatoms. The molecule has 88 valence electrons. The van der Waals surface area contributed by atoms with E-state index in [9.17, 15) is 4.79 Å². The molecule has 0 saturated carbocycles. The van der Waals surface area contributed by atoms with Gasteiger partial charge in [0.25, 0.3) is 0 Å². The van der Waals surface area contributed by atoms with E-state index in [1.165, 1.54) is 5.56 Å². The summed E-state index contributed by atoms with van der Waals surface area (Å²) < 4.78 is 1.06. The number of amides is 1. The number of benzene rings is 1. The summed E-state index contributed by atoms with van der Waals surface area (Å²) in [4.78, 5) is 11.4. The fourth-order valence-corrected chi connectivity index (χ4v) is 2.24. The number of nitrogens with one attached hydrogen (secondary N) is 1. The highest BCUT2D eigenvalue weighted by atomic mass is 79.9. The molecule has 0 bridgehead atoms. The average Bonchev–Trinajstić information content (AvgIpc) is 2.21. The van der Waals surface area contributed by atoms with Crippen molar-refractivity contribution in [1.82, 2.24) is 0 Å². The standard InChI is InChI=1S/C11H12BrNO.C2H6/c1-11(2)6-10(14)13-9-4-3-7(12)5-8(9)11;1-2/h3-5H,6H2,1-2H3,(H,13,14);1-2H3. The van der Waals surface area contributed by atoms with Gasteiger partial charge in [-0.3, -0.25) is 4.79 Å². The van der Waals surface area contributed by atoms with Crippen LogP contribution in [0, 0.1) is 0 Å². The van der Waals surface area contributed by atoms with Gasteiger partial charge in [-0.1, -0.05) is 43.6 Å². The van der Waals surface area contributed by atoms with Crippen molar-refractivity contribution in [3.05, 3.63) is 28.2 Å². The monoisotopic (exact) mass is 283 g/mol. The summed E-state index contributed by atoms with van der Waals surface area (Å²) in [7, 11) is 0. The van der Waals surface area contributed by atoms with Crippen molar-refractivity contribution in [3.8, 4) is 0 Å². The molecular weight excluding hydrogens is 266 g/mol. The van der Waals surface area contributed by atoms with Crippen LogP contribution in [0.3, 0.4) is 0 Å². The summed E-state index contributed by atoms with van der Waals surface area (Å²) in [6.07, 6.45) is 0.552. The minimum absolute atomic E-state index is 0.0680. The minimum atomic E-state index is -0.0680. The Morgan fingerprint density at radius 2 is 1.94 bits per heavy atom. The number of rotatable bonds is 0. The van der Waals surface area contributed by atoms with E-state index in [0.29, 0.717) is 6.42 Å². The van der Waals surface area contributed by atoms with Crippen LogP contribution in [0.25, 0.3) is 0 Å². The van der Waals surface area contributed by atoms with E-state index in [1.807, 2.05) is 26.0 Å². The number of carbonyl (C=O) groups excluding carboxylic acids is 1. The molecule has 0 fully saturated rings. The molecule has 0 saturated heterocycles. The second-order valence-electron chi connectivity index (χ2n) is 4.30. The van der Waals surface area contributed by atoms with Gasteiger partial charge in [0.15, 0.2) is 0 Å². The molecule has 1 aromatic rings. The maximum atomic E-state index is 11.4. The SMILES string of the molecule is CC.CC1(C)CC(=O)Nc2ccc(Br)cc21. The lowest BCUT2D eigenvalue weighted by molar-refractivity contribution is -0.117. The van der Waals surface area contributed by atoms with Gasteiger partial charge in [0.2, 0.25) is 5.91 Å². The third-order valence-corrected chi connectivity index (χ3v) is 3.08. The van der Waals surface area contributed by atoms with Gasteiger partial charge in [-0.25, -0.2) is 0 Å². The van der Waals surface area contributed by atoms with Crippen molar-refractivity contribution in [1.29, 1.82) is 0 Å². The molecular formula is C13H18BrNO. The first kappa shape index (κ1) is 13.2. The van der Waals surface area contributed by atoms with E-state index < -0.39 is 0 Å². The Balaban J connectivity index is 0.000000606. The topological polar surface area (TPSA) is 29.1 Å². The number of carbonyl (C=O) groups is 1. The van der Waals surface area contributed by atoms with Crippen LogP contribution in [-0.2, 0) is 10.2 Å². The highest BCUT2D eigenvalue weighted by Gasteiger charge is 2.31. The molecule has 1 N–H and O–H groups in total. The van der Waals surface area contributed by atoms with Crippen molar-refractivity contribution in [3.63, 3.8) is 0 Å². The molecule has 2 nitrogen and oxygen atoms in total. The van der Waals surface area contributed by atoms with Gasteiger partial charge in [0, 0.05) is 22.0 Å². The van der Waals surface area contributed by atoms with Crippen molar-refractivity contribution in [2.24, 2.45) is 0 Å². The molecule has 1 aliphatic heterocycles. The molecule has 0 aliphatic carbocycles. The van der Waals surface area contributed by atoms with E-state index in [1.54, 1.807) is 0 Å². The van der Waals surface area contributed by atoms with Crippen LogP contribution in [0.15, 0.2) is 22.7 Å². The van der Waals surface area contributed by atoms with Crippen LogP contribution in [-0.4, -0.2) is 5.91 Å². The van der Waals surface area contributed by atoms with Crippen LogP contribution in [0.5, 0.6) is 0 Å². The van der Waals surface area contributed by atoms with Crippen molar-refractivity contribution in [2.45, 2.75) is 39.5 Å². The zero-order chi connectivity index (χ0) is 12.3. The van der Waals surface area contributed by atoms with Crippen LogP contribution in [0.4, 0.5) is 5.69 Å². The quantitative estimate of drug-likeness (QED) is 0.763. The molecule has 2 rings (SSSR count). The minimum Gasteiger partial charge on any atom is -0.326 e. The molecule has 16 heavy (non-hydrogen) atoms.